The molecule has 0 radical (unpaired) electrons. The second kappa shape index (κ2) is 8.94. The third-order valence-electron chi connectivity index (χ3n) is 6.46. The Labute approximate surface area is 211 Å². The molecule has 0 saturated carbocycles. The minimum atomic E-state index is -4.70. The quantitative estimate of drug-likeness (QED) is 0.323. The van der Waals surface area contributed by atoms with Crippen LogP contribution in [0.5, 0.6) is 11.5 Å². The Morgan fingerprint density at radius 3 is 0.886 bits per heavy atom. The summed E-state index contributed by atoms with van der Waals surface area (Å²) in [5, 5.41) is 22.3. The molecule has 196 valence electrons. The molecule has 0 spiro atoms. The molecule has 5 nitrogen and oxygen atoms in total. The first-order valence-electron chi connectivity index (χ1n) is 12.2. The molecule has 0 amide bonds. The number of hydrogen-bond acceptors (Lipinski definition) is 3. The van der Waals surface area contributed by atoms with Crippen LogP contribution in [0.25, 0.3) is 0 Å². The van der Waals surface area contributed by atoms with Crippen LogP contribution in [-0.4, -0.2) is 20.0 Å². The lowest BCUT2D eigenvalue weighted by molar-refractivity contribution is 0.363. The van der Waals surface area contributed by atoms with Crippen molar-refractivity contribution in [3.8, 4) is 11.5 Å². The van der Waals surface area contributed by atoms with E-state index in [4.69, 9.17) is 0 Å². The van der Waals surface area contributed by atoms with Crippen LogP contribution in [0, 0.1) is 0 Å². The molecule has 0 heterocycles. The van der Waals surface area contributed by atoms with Crippen LogP contribution >= 0.6 is 7.60 Å². The number of hydrogen-bond donors (Lipinski definition) is 4. The van der Waals surface area contributed by atoms with Gasteiger partial charge in [0.15, 0.2) is 0 Å². The van der Waals surface area contributed by atoms with E-state index >= 15 is 0 Å². The molecule has 2 aromatic carbocycles. The fraction of sp³-hybridized carbons (Fsp3) is 0.586. The molecule has 0 atom stereocenters. The van der Waals surface area contributed by atoms with E-state index in [-0.39, 0.29) is 11.5 Å². The highest BCUT2D eigenvalue weighted by Gasteiger charge is 2.38. The number of phenols is 2. The first-order valence-corrected chi connectivity index (χ1v) is 13.9. The van der Waals surface area contributed by atoms with Crippen LogP contribution < -0.4 is 0 Å². The van der Waals surface area contributed by atoms with E-state index in [0.29, 0.717) is 33.4 Å². The summed E-state index contributed by atoms with van der Waals surface area (Å²) in [6.45, 7) is 23.7. The molecule has 6 heteroatoms. The third-order valence-corrected chi connectivity index (χ3v) is 7.73. The molecule has 0 aliphatic rings. The topological polar surface area (TPSA) is 98.0 Å². The lowest BCUT2D eigenvalue weighted by Gasteiger charge is -2.32. The summed E-state index contributed by atoms with van der Waals surface area (Å²) in [6, 6.07) is 6.92. The standard InChI is InChI=1S/C29H45O5P/c1-26(2,3)19-13-17(14-20(23(19)30)27(4,5)6)25(35(32,33)34)18-15-21(28(7,8)9)24(31)22(16-18)29(10,11)12/h13-16,25,30-31H,1-12H3,(H2,32,33,34). The smallest absolute Gasteiger partial charge is 0.337 e. The van der Waals surface area contributed by atoms with E-state index in [1.807, 2.05) is 83.1 Å². The summed E-state index contributed by atoms with van der Waals surface area (Å²) in [4.78, 5) is 21.4. The normalized spacial score (nSPS) is 14.0. The number of benzene rings is 2. The van der Waals surface area contributed by atoms with Gasteiger partial charge in [-0.15, -0.1) is 0 Å². The average molecular weight is 505 g/mol. The van der Waals surface area contributed by atoms with Crippen LogP contribution in [0.3, 0.4) is 0 Å². The second-order valence-electron chi connectivity index (χ2n) is 13.9. The second-order valence-corrected chi connectivity index (χ2v) is 15.6. The third kappa shape index (κ3) is 6.31. The predicted molar refractivity (Wildman–Crippen MR) is 145 cm³/mol. The summed E-state index contributed by atoms with van der Waals surface area (Å²) >= 11 is 0. The molecule has 0 unspecified atom stereocenters. The van der Waals surface area contributed by atoms with E-state index < -0.39 is 34.9 Å². The molecule has 0 bridgehead atoms. The Morgan fingerprint density at radius 2 is 0.743 bits per heavy atom. The van der Waals surface area contributed by atoms with E-state index in [2.05, 4.69) is 0 Å². The summed E-state index contributed by atoms with van der Waals surface area (Å²) in [5.41, 5.74) is 0.467. The van der Waals surface area contributed by atoms with Gasteiger partial charge in [-0.2, -0.15) is 0 Å². The maximum atomic E-state index is 13.1. The lowest BCUT2D eigenvalue weighted by atomic mass is 9.76. The van der Waals surface area contributed by atoms with E-state index in [0.717, 1.165) is 0 Å². The molecule has 0 saturated heterocycles. The van der Waals surface area contributed by atoms with Crippen molar-refractivity contribution in [2.24, 2.45) is 0 Å². The van der Waals surface area contributed by atoms with Crippen molar-refractivity contribution in [3.63, 3.8) is 0 Å². The minimum absolute atomic E-state index is 0.162. The zero-order valence-corrected chi connectivity index (χ0v) is 24.4. The Hall–Kier alpha value is -1.81. The SMILES string of the molecule is CC(C)(C)c1cc(C(c2cc(C(C)(C)C)c(O)c(C(C)(C)C)c2)P(=O)(O)O)cc(C(C)(C)C)c1O. The summed E-state index contributed by atoms with van der Waals surface area (Å²) in [6.07, 6.45) is 0. The summed E-state index contributed by atoms with van der Waals surface area (Å²) < 4.78 is 13.1. The highest BCUT2D eigenvalue weighted by atomic mass is 31.2. The molecular weight excluding hydrogens is 459 g/mol. The molecule has 35 heavy (non-hydrogen) atoms. The molecule has 2 rings (SSSR count). The van der Waals surface area contributed by atoms with Gasteiger partial charge in [-0.1, -0.05) is 107 Å². The molecule has 4 N–H and O–H groups in total. The first-order chi connectivity index (χ1) is 15.4. The van der Waals surface area contributed by atoms with E-state index in [9.17, 15) is 24.6 Å². The summed E-state index contributed by atoms with van der Waals surface area (Å²) in [5.74, 6) is 0.323. The Morgan fingerprint density at radius 1 is 0.543 bits per heavy atom. The Balaban J connectivity index is 3.07. The van der Waals surface area contributed by atoms with Crippen LogP contribution in [0.4, 0.5) is 0 Å². The van der Waals surface area contributed by atoms with Gasteiger partial charge in [-0.25, -0.2) is 0 Å². The largest absolute Gasteiger partial charge is 0.507 e. The van der Waals surface area contributed by atoms with Crippen molar-refractivity contribution in [1.82, 2.24) is 0 Å². The predicted octanol–water partition coefficient (Wildman–Crippen LogP) is 7.55. The summed E-state index contributed by atoms with van der Waals surface area (Å²) in [7, 11) is -4.70. The Kier molecular flexibility index (Phi) is 7.51. The number of rotatable bonds is 3. The van der Waals surface area contributed by atoms with Crippen molar-refractivity contribution in [2.75, 3.05) is 0 Å². The fourth-order valence-corrected chi connectivity index (χ4v) is 5.57. The monoisotopic (exact) mass is 504 g/mol. The zero-order chi connectivity index (χ0) is 27.5. The molecule has 2 aromatic rings. The van der Waals surface area contributed by atoms with Gasteiger partial charge >= 0.3 is 7.60 Å². The number of aromatic hydroxyl groups is 2. The maximum absolute atomic E-state index is 13.1. The lowest BCUT2D eigenvalue weighted by Crippen LogP contribution is -2.20. The first kappa shape index (κ1) is 29.4. The van der Waals surface area contributed by atoms with Crippen LogP contribution in [-0.2, 0) is 26.2 Å². The molecule has 0 aromatic heterocycles. The fourth-order valence-electron chi connectivity index (χ4n) is 4.50. The van der Waals surface area contributed by atoms with Gasteiger partial charge in [0.05, 0.1) is 0 Å². The molecular formula is C29H45O5P. The van der Waals surface area contributed by atoms with Gasteiger partial charge in [-0.3, -0.25) is 4.57 Å². The van der Waals surface area contributed by atoms with Gasteiger partial charge in [0.2, 0.25) is 0 Å². The van der Waals surface area contributed by atoms with Crippen molar-refractivity contribution in [3.05, 3.63) is 57.6 Å². The van der Waals surface area contributed by atoms with Crippen LogP contribution in [0.2, 0.25) is 0 Å². The number of phenolic OH excluding ortho intramolecular Hbond substituents is 2. The van der Waals surface area contributed by atoms with E-state index in [1.54, 1.807) is 24.3 Å². The van der Waals surface area contributed by atoms with Crippen LogP contribution in [0.15, 0.2) is 24.3 Å². The van der Waals surface area contributed by atoms with Crippen molar-refractivity contribution >= 4 is 7.60 Å². The van der Waals surface area contributed by atoms with Gasteiger partial charge in [-0.05, 0) is 55.0 Å². The minimum Gasteiger partial charge on any atom is -0.507 e. The van der Waals surface area contributed by atoms with Gasteiger partial charge in [0.25, 0.3) is 0 Å². The maximum Gasteiger partial charge on any atom is 0.337 e. The van der Waals surface area contributed by atoms with Gasteiger partial charge in [0.1, 0.15) is 17.2 Å². The highest BCUT2D eigenvalue weighted by molar-refractivity contribution is 7.52. The molecule has 0 fully saturated rings. The molecule has 0 aliphatic carbocycles. The molecule has 0 aliphatic heterocycles. The van der Waals surface area contributed by atoms with Crippen molar-refractivity contribution < 1.29 is 24.6 Å². The van der Waals surface area contributed by atoms with E-state index in [1.165, 1.54) is 0 Å². The zero-order valence-electron chi connectivity index (χ0n) is 23.5. The Bertz CT molecular complexity index is 994. The van der Waals surface area contributed by atoms with Crippen molar-refractivity contribution in [1.29, 1.82) is 0 Å². The average Bonchev–Trinajstić information content (AvgIpc) is 2.59. The van der Waals surface area contributed by atoms with Crippen molar-refractivity contribution in [2.45, 2.75) is 110 Å². The highest BCUT2D eigenvalue weighted by Crippen LogP contribution is 2.58. The van der Waals surface area contributed by atoms with Gasteiger partial charge < -0.3 is 20.0 Å². The van der Waals surface area contributed by atoms with Gasteiger partial charge in [0, 0.05) is 0 Å². The van der Waals surface area contributed by atoms with Crippen LogP contribution in [0.1, 0.15) is 122 Å².